The Bertz CT molecular complexity index is 272. The van der Waals surface area contributed by atoms with Crippen molar-refractivity contribution in [1.29, 1.82) is 0 Å². The molecule has 0 amide bonds. The van der Waals surface area contributed by atoms with Gasteiger partial charge in [-0.25, -0.2) is 4.98 Å². The van der Waals surface area contributed by atoms with Gasteiger partial charge in [0, 0.05) is 24.4 Å². The predicted octanol–water partition coefficient (Wildman–Crippen LogP) is 2.43. The Morgan fingerprint density at radius 1 is 1.41 bits per heavy atom. The molecule has 0 aliphatic carbocycles. The van der Waals surface area contributed by atoms with Crippen LogP contribution in [0.3, 0.4) is 0 Å². The first kappa shape index (κ1) is 14.6. The third-order valence-corrected chi connectivity index (χ3v) is 3.53. The van der Waals surface area contributed by atoms with Crippen LogP contribution in [0.5, 0.6) is 0 Å². The number of nitrogens with two attached hydrogens (primary N) is 1. The van der Waals surface area contributed by atoms with Crippen molar-refractivity contribution in [3.63, 3.8) is 0 Å². The molecule has 0 saturated heterocycles. The highest BCUT2D eigenvalue weighted by molar-refractivity contribution is 7.07. The minimum Gasteiger partial charge on any atom is -0.328 e. The van der Waals surface area contributed by atoms with Gasteiger partial charge < -0.3 is 11.1 Å². The van der Waals surface area contributed by atoms with E-state index in [0.29, 0.717) is 6.04 Å². The molecule has 0 saturated carbocycles. The Balaban J connectivity index is 1.95. The second kappa shape index (κ2) is 8.61. The maximum atomic E-state index is 5.73. The number of rotatable bonds is 9. The summed E-state index contributed by atoms with van der Waals surface area (Å²) in [6.07, 6.45) is 4.69. The van der Waals surface area contributed by atoms with Gasteiger partial charge in [0.05, 0.1) is 11.2 Å². The lowest BCUT2D eigenvalue weighted by molar-refractivity contribution is 0.449. The molecule has 1 aromatic heterocycles. The van der Waals surface area contributed by atoms with Gasteiger partial charge >= 0.3 is 0 Å². The Morgan fingerprint density at radius 2 is 2.24 bits per heavy atom. The van der Waals surface area contributed by atoms with Gasteiger partial charge in [0.1, 0.15) is 0 Å². The fourth-order valence-electron chi connectivity index (χ4n) is 1.82. The minimum atomic E-state index is 0.347. The van der Waals surface area contributed by atoms with E-state index in [4.69, 9.17) is 5.73 Å². The first-order valence-corrected chi connectivity index (χ1v) is 7.46. The number of hydrogen-bond donors (Lipinski definition) is 2. The number of hydrogen-bond acceptors (Lipinski definition) is 4. The molecule has 0 aromatic carbocycles. The second-order valence-electron chi connectivity index (χ2n) is 4.95. The van der Waals surface area contributed by atoms with Crippen LogP contribution in [-0.4, -0.2) is 24.1 Å². The molecule has 1 aromatic rings. The zero-order valence-electron chi connectivity index (χ0n) is 11.0. The summed E-state index contributed by atoms with van der Waals surface area (Å²) in [4.78, 5) is 4.27. The fourth-order valence-corrected chi connectivity index (χ4v) is 2.41. The highest BCUT2D eigenvalue weighted by Crippen LogP contribution is 2.08. The van der Waals surface area contributed by atoms with Crippen LogP contribution in [0.4, 0.5) is 0 Å². The third kappa shape index (κ3) is 7.47. The highest BCUT2D eigenvalue weighted by atomic mass is 32.1. The normalized spacial score (nSPS) is 14.8. The molecule has 0 radical (unpaired) electrons. The van der Waals surface area contributed by atoms with E-state index in [9.17, 15) is 0 Å². The molecule has 3 N–H and O–H groups in total. The summed E-state index contributed by atoms with van der Waals surface area (Å²) in [5.41, 5.74) is 8.83. The minimum absolute atomic E-state index is 0.347. The van der Waals surface area contributed by atoms with Gasteiger partial charge in [-0.3, -0.25) is 0 Å². The summed E-state index contributed by atoms with van der Waals surface area (Å²) in [6.45, 7) is 6.51. The highest BCUT2D eigenvalue weighted by Gasteiger charge is 2.03. The molecule has 3 nitrogen and oxygen atoms in total. The molecule has 2 atom stereocenters. The van der Waals surface area contributed by atoms with Crippen molar-refractivity contribution >= 4 is 11.3 Å². The molecule has 98 valence electrons. The molecular formula is C13H25N3S. The van der Waals surface area contributed by atoms with E-state index in [2.05, 4.69) is 29.5 Å². The van der Waals surface area contributed by atoms with Crippen molar-refractivity contribution in [3.8, 4) is 0 Å². The molecule has 1 heterocycles. The first-order valence-electron chi connectivity index (χ1n) is 6.52. The van der Waals surface area contributed by atoms with Gasteiger partial charge in [0.25, 0.3) is 0 Å². The number of nitrogens with zero attached hydrogens (tertiary/aromatic N) is 1. The van der Waals surface area contributed by atoms with E-state index in [-0.39, 0.29) is 0 Å². The first-order chi connectivity index (χ1) is 8.18. The lowest BCUT2D eigenvalue weighted by atomic mass is 10.0. The quantitative estimate of drug-likeness (QED) is 0.666. The molecule has 2 unspecified atom stereocenters. The number of aromatic nitrogens is 1. The van der Waals surface area contributed by atoms with Crippen molar-refractivity contribution in [2.24, 2.45) is 11.7 Å². The van der Waals surface area contributed by atoms with E-state index in [0.717, 1.165) is 31.8 Å². The molecule has 4 heteroatoms. The van der Waals surface area contributed by atoms with Gasteiger partial charge in [-0.1, -0.05) is 13.3 Å². The van der Waals surface area contributed by atoms with Crippen LogP contribution in [0.2, 0.25) is 0 Å². The second-order valence-corrected chi connectivity index (χ2v) is 5.67. The fraction of sp³-hybridized carbons (Fsp3) is 0.769. The molecule has 1 rings (SSSR count). The lowest BCUT2D eigenvalue weighted by Crippen LogP contribution is -2.24. The summed E-state index contributed by atoms with van der Waals surface area (Å²) in [5, 5.41) is 5.61. The standard InChI is InChI=1S/C13H25N3S/c1-11(4-3-5-12(2)14)8-15-7-6-13-9-17-10-16-13/h9-12,15H,3-8,14H2,1-2H3. The summed E-state index contributed by atoms with van der Waals surface area (Å²) in [5.74, 6) is 0.740. The summed E-state index contributed by atoms with van der Waals surface area (Å²) >= 11 is 1.67. The zero-order valence-corrected chi connectivity index (χ0v) is 11.8. The van der Waals surface area contributed by atoms with Crippen molar-refractivity contribution in [2.75, 3.05) is 13.1 Å². The molecule has 0 spiro atoms. The monoisotopic (exact) mass is 255 g/mol. The largest absolute Gasteiger partial charge is 0.328 e. The molecule has 0 bridgehead atoms. The topological polar surface area (TPSA) is 50.9 Å². The van der Waals surface area contributed by atoms with E-state index in [1.807, 2.05) is 5.51 Å². The summed E-state index contributed by atoms with van der Waals surface area (Å²) in [7, 11) is 0. The third-order valence-electron chi connectivity index (χ3n) is 2.89. The van der Waals surface area contributed by atoms with Gasteiger partial charge in [-0.15, -0.1) is 11.3 Å². The summed E-state index contributed by atoms with van der Waals surface area (Å²) in [6, 6.07) is 0.347. The lowest BCUT2D eigenvalue weighted by Gasteiger charge is -2.13. The molecule has 17 heavy (non-hydrogen) atoms. The maximum Gasteiger partial charge on any atom is 0.0794 e. The average Bonchev–Trinajstić information content (AvgIpc) is 2.76. The van der Waals surface area contributed by atoms with Gasteiger partial charge in [-0.05, 0) is 32.2 Å². The molecule has 0 aliphatic heterocycles. The summed E-state index contributed by atoms with van der Waals surface area (Å²) < 4.78 is 0. The van der Waals surface area contributed by atoms with Crippen LogP contribution >= 0.6 is 11.3 Å². The van der Waals surface area contributed by atoms with E-state index >= 15 is 0 Å². The maximum absolute atomic E-state index is 5.73. The van der Waals surface area contributed by atoms with Gasteiger partial charge in [0.15, 0.2) is 0 Å². The van der Waals surface area contributed by atoms with Crippen molar-refractivity contribution < 1.29 is 0 Å². The zero-order chi connectivity index (χ0) is 12.5. The van der Waals surface area contributed by atoms with Crippen LogP contribution < -0.4 is 11.1 Å². The Morgan fingerprint density at radius 3 is 2.88 bits per heavy atom. The Kier molecular flexibility index (Phi) is 7.40. The van der Waals surface area contributed by atoms with Crippen molar-refractivity contribution in [3.05, 3.63) is 16.6 Å². The van der Waals surface area contributed by atoms with Crippen LogP contribution in [-0.2, 0) is 6.42 Å². The molecule has 0 aliphatic rings. The van der Waals surface area contributed by atoms with Crippen molar-refractivity contribution in [2.45, 2.75) is 45.6 Å². The average molecular weight is 255 g/mol. The Labute approximate surface area is 109 Å². The SMILES string of the molecule is CC(N)CCCC(C)CNCCc1cscn1. The van der Waals surface area contributed by atoms with E-state index in [1.54, 1.807) is 11.3 Å². The van der Waals surface area contributed by atoms with Crippen molar-refractivity contribution in [1.82, 2.24) is 10.3 Å². The molecule has 0 fully saturated rings. The van der Waals surface area contributed by atoms with Crippen LogP contribution in [0.1, 0.15) is 38.8 Å². The van der Waals surface area contributed by atoms with Gasteiger partial charge in [-0.2, -0.15) is 0 Å². The smallest absolute Gasteiger partial charge is 0.0794 e. The van der Waals surface area contributed by atoms with Gasteiger partial charge in [0.2, 0.25) is 0 Å². The van der Waals surface area contributed by atoms with E-state index in [1.165, 1.54) is 18.5 Å². The number of thiazole rings is 1. The van der Waals surface area contributed by atoms with E-state index < -0.39 is 0 Å². The predicted molar refractivity (Wildman–Crippen MR) is 75.4 cm³/mol. The number of nitrogens with one attached hydrogen (secondary N) is 1. The Hall–Kier alpha value is -0.450. The van der Waals surface area contributed by atoms with Crippen LogP contribution in [0, 0.1) is 5.92 Å². The molecular weight excluding hydrogens is 230 g/mol. The van der Waals surface area contributed by atoms with Crippen LogP contribution in [0.15, 0.2) is 10.9 Å². The van der Waals surface area contributed by atoms with Crippen LogP contribution in [0.25, 0.3) is 0 Å².